The predicted octanol–water partition coefficient (Wildman–Crippen LogP) is 3.85. The van der Waals surface area contributed by atoms with E-state index in [1.54, 1.807) is 0 Å². The first-order valence-electron chi connectivity index (χ1n) is 12.2. The van der Waals surface area contributed by atoms with E-state index in [2.05, 4.69) is 46.4 Å². The van der Waals surface area contributed by atoms with Gasteiger partial charge in [-0.1, -0.05) is 68.8 Å². The molecule has 1 fully saturated rings. The molecule has 3 rings (SSSR count). The third kappa shape index (κ3) is 7.14. The molecule has 2 atom stereocenters. The predicted molar refractivity (Wildman–Crippen MR) is 134 cm³/mol. The Morgan fingerprint density at radius 3 is 2.27 bits per heavy atom. The van der Waals surface area contributed by atoms with Crippen LogP contribution < -0.4 is 10.6 Å². The molecular weight excluding hydrogens is 412 g/mol. The Bertz CT molecular complexity index is 894. The monoisotopic (exact) mass is 450 g/mol. The molecule has 0 radical (unpaired) electrons. The highest BCUT2D eigenvalue weighted by Crippen LogP contribution is 2.19. The molecule has 1 saturated heterocycles. The number of anilines is 1. The van der Waals surface area contributed by atoms with Crippen LogP contribution in [0.15, 0.2) is 54.6 Å². The van der Waals surface area contributed by atoms with Crippen LogP contribution in [-0.2, 0) is 16.0 Å². The number of hydrogen-bond donors (Lipinski definition) is 2. The quantitative estimate of drug-likeness (QED) is 0.577. The fourth-order valence-corrected chi connectivity index (χ4v) is 4.41. The maximum atomic E-state index is 13.0. The summed E-state index contributed by atoms with van der Waals surface area (Å²) in [5.74, 6) is 0.0834. The summed E-state index contributed by atoms with van der Waals surface area (Å²) in [6.45, 7) is 9.68. The van der Waals surface area contributed by atoms with Crippen molar-refractivity contribution in [3.8, 4) is 0 Å². The number of carbonyl (C=O) groups is 2. The maximum Gasteiger partial charge on any atom is 0.238 e. The number of aryl methyl sites for hydroxylation is 1. The van der Waals surface area contributed by atoms with Gasteiger partial charge in [-0.25, -0.2) is 0 Å². The van der Waals surface area contributed by atoms with Crippen LogP contribution in [0, 0.1) is 0 Å². The van der Waals surface area contributed by atoms with Gasteiger partial charge in [0, 0.05) is 31.9 Å². The largest absolute Gasteiger partial charge is 0.348 e. The van der Waals surface area contributed by atoms with Crippen molar-refractivity contribution >= 4 is 17.5 Å². The molecule has 33 heavy (non-hydrogen) atoms. The molecule has 6 nitrogen and oxygen atoms in total. The summed E-state index contributed by atoms with van der Waals surface area (Å²) in [4.78, 5) is 29.9. The van der Waals surface area contributed by atoms with E-state index in [9.17, 15) is 9.59 Å². The van der Waals surface area contributed by atoms with Gasteiger partial charge < -0.3 is 10.6 Å². The van der Waals surface area contributed by atoms with E-state index in [1.165, 1.54) is 0 Å². The van der Waals surface area contributed by atoms with Gasteiger partial charge in [-0.2, -0.15) is 0 Å². The molecule has 0 spiro atoms. The third-order valence-corrected chi connectivity index (χ3v) is 6.47. The van der Waals surface area contributed by atoms with Crippen molar-refractivity contribution in [3.63, 3.8) is 0 Å². The van der Waals surface area contributed by atoms with Gasteiger partial charge in [0.25, 0.3) is 0 Å². The number of nitrogens with one attached hydrogen (secondary N) is 2. The van der Waals surface area contributed by atoms with E-state index < -0.39 is 0 Å². The van der Waals surface area contributed by atoms with Gasteiger partial charge in [0.05, 0.1) is 18.6 Å². The number of piperazine rings is 1. The number of para-hydroxylation sites is 1. The summed E-state index contributed by atoms with van der Waals surface area (Å²) in [6.07, 6.45) is 2.82. The van der Waals surface area contributed by atoms with Gasteiger partial charge in [-0.15, -0.1) is 0 Å². The molecule has 178 valence electrons. The lowest BCUT2D eigenvalue weighted by Crippen LogP contribution is -2.55. The fourth-order valence-electron chi connectivity index (χ4n) is 4.41. The Kier molecular flexibility index (Phi) is 9.46. The molecular formula is C27H38N4O2. The molecule has 1 aliphatic rings. The third-order valence-electron chi connectivity index (χ3n) is 6.47. The Hall–Kier alpha value is -2.70. The summed E-state index contributed by atoms with van der Waals surface area (Å²) in [7, 11) is 0. The molecule has 2 amide bonds. The second-order valence-corrected chi connectivity index (χ2v) is 8.81. The first-order valence-corrected chi connectivity index (χ1v) is 12.2. The highest BCUT2D eigenvalue weighted by molar-refractivity contribution is 5.93. The molecule has 2 aromatic rings. The second-order valence-electron chi connectivity index (χ2n) is 8.81. The minimum absolute atomic E-state index is 0.0143. The van der Waals surface area contributed by atoms with E-state index in [0.29, 0.717) is 6.54 Å². The Balaban J connectivity index is 1.47. The average molecular weight is 451 g/mol. The lowest BCUT2D eigenvalue weighted by Gasteiger charge is -2.37. The summed E-state index contributed by atoms with van der Waals surface area (Å²) in [6, 6.07) is 18.0. The van der Waals surface area contributed by atoms with Crippen molar-refractivity contribution in [3.05, 3.63) is 65.7 Å². The van der Waals surface area contributed by atoms with Crippen molar-refractivity contribution in [2.75, 3.05) is 38.0 Å². The molecule has 2 N–H and O–H groups in total. The van der Waals surface area contributed by atoms with Crippen molar-refractivity contribution in [2.24, 2.45) is 0 Å². The van der Waals surface area contributed by atoms with Crippen molar-refractivity contribution in [1.82, 2.24) is 15.1 Å². The molecule has 0 bridgehead atoms. The Morgan fingerprint density at radius 2 is 1.61 bits per heavy atom. The highest BCUT2D eigenvalue weighted by Gasteiger charge is 2.27. The van der Waals surface area contributed by atoms with E-state index in [4.69, 9.17) is 0 Å². The molecule has 0 aromatic heterocycles. The minimum Gasteiger partial charge on any atom is -0.348 e. The van der Waals surface area contributed by atoms with Crippen LogP contribution in [0.1, 0.15) is 50.8 Å². The van der Waals surface area contributed by atoms with E-state index in [1.807, 2.05) is 49.4 Å². The standard InChI is InChI=1S/C27H38N4O2/c1-4-11-24(23-13-7-6-8-14-23)29-27(33)21(3)31-18-16-30(17-19-31)20-26(32)28-25-15-10-9-12-22(25)5-2/h6-10,12-15,21,24H,4-5,11,16-20H2,1-3H3,(H,28,32)(H,29,33). The number of hydrogen-bond acceptors (Lipinski definition) is 4. The average Bonchev–Trinajstić information content (AvgIpc) is 2.84. The summed E-state index contributed by atoms with van der Waals surface area (Å²) < 4.78 is 0. The molecule has 2 aromatic carbocycles. The zero-order valence-corrected chi connectivity index (χ0v) is 20.2. The van der Waals surface area contributed by atoms with Gasteiger partial charge >= 0.3 is 0 Å². The van der Waals surface area contributed by atoms with Crippen molar-refractivity contribution < 1.29 is 9.59 Å². The molecule has 6 heteroatoms. The van der Waals surface area contributed by atoms with Gasteiger partial charge in [-0.3, -0.25) is 19.4 Å². The Morgan fingerprint density at radius 1 is 0.939 bits per heavy atom. The van der Waals surface area contributed by atoms with Crippen molar-refractivity contribution in [2.45, 2.75) is 52.1 Å². The van der Waals surface area contributed by atoms with Gasteiger partial charge in [0.15, 0.2) is 0 Å². The van der Waals surface area contributed by atoms with Crippen LogP contribution >= 0.6 is 0 Å². The zero-order valence-electron chi connectivity index (χ0n) is 20.2. The minimum atomic E-state index is -0.194. The topological polar surface area (TPSA) is 64.7 Å². The SMILES string of the molecule is CCCC(NC(=O)C(C)N1CCN(CC(=O)Nc2ccccc2CC)CC1)c1ccccc1. The number of carbonyl (C=O) groups excluding carboxylic acids is 2. The number of benzene rings is 2. The van der Waals surface area contributed by atoms with Gasteiger partial charge in [-0.05, 0) is 37.0 Å². The molecule has 2 unspecified atom stereocenters. The zero-order chi connectivity index (χ0) is 23.6. The fraction of sp³-hybridized carbons (Fsp3) is 0.481. The maximum absolute atomic E-state index is 13.0. The van der Waals surface area contributed by atoms with Crippen LogP contribution in [0.3, 0.4) is 0 Å². The molecule has 0 saturated carbocycles. The van der Waals surface area contributed by atoms with Crippen LogP contribution in [0.2, 0.25) is 0 Å². The van der Waals surface area contributed by atoms with E-state index >= 15 is 0 Å². The first-order chi connectivity index (χ1) is 16.0. The summed E-state index contributed by atoms with van der Waals surface area (Å²) in [5, 5.41) is 6.31. The highest BCUT2D eigenvalue weighted by atomic mass is 16.2. The van der Waals surface area contributed by atoms with E-state index in [0.717, 1.165) is 62.3 Å². The summed E-state index contributed by atoms with van der Waals surface area (Å²) in [5.41, 5.74) is 3.20. The number of rotatable bonds is 10. The Labute approximate surface area is 198 Å². The number of amides is 2. The first kappa shape index (κ1) is 24.9. The molecule has 1 heterocycles. The van der Waals surface area contributed by atoms with Gasteiger partial charge in [0.2, 0.25) is 11.8 Å². The lowest BCUT2D eigenvalue weighted by molar-refractivity contribution is -0.128. The molecule has 0 aliphatic carbocycles. The van der Waals surface area contributed by atoms with Crippen molar-refractivity contribution in [1.29, 1.82) is 0 Å². The van der Waals surface area contributed by atoms with Crippen LogP contribution in [0.5, 0.6) is 0 Å². The van der Waals surface area contributed by atoms with Crippen LogP contribution in [0.25, 0.3) is 0 Å². The smallest absolute Gasteiger partial charge is 0.238 e. The lowest BCUT2D eigenvalue weighted by atomic mass is 10.0. The van der Waals surface area contributed by atoms with E-state index in [-0.39, 0.29) is 23.9 Å². The second kappa shape index (κ2) is 12.5. The van der Waals surface area contributed by atoms with Gasteiger partial charge in [0.1, 0.15) is 0 Å². The molecule has 1 aliphatic heterocycles. The normalized spacial score (nSPS) is 16.7. The summed E-state index contributed by atoms with van der Waals surface area (Å²) >= 11 is 0. The van der Waals surface area contributed by atoms with Crippen LogP contribution in [-0.4, -0.2) is 60.4 Å². The van der Waals surface area contributed by atoms with Crippen LogP contribution in [0.4, 0.5) is 5.69 Å². The number of nitrogens with zero attached hydrogens (tertiary/aromatic N) is 2.